The normalized spacial score (nSPS) is 17.4. The summed E-state index contributed by atoms with van der Waals surface area (Å²) < 4.78 is 11.3. The minimum Gasteiger partial charge on any atom is -0.457 e. The summed E-state index contributed by atoms with van der Waals surface area (Å²) in [5, 5.41) is 8.84. The van der Waals surface area contributed by atoms with Crippen LogP contribution in [0.5, 0.6) is 11.5 Å². The highest BCUT2D eigenvalue weighted by Crippen LogP contribution is 2.24. The van der Waals surface area contributed by atoms with E-state index in [-0.39, 0.29) is 11.9 Å². The van der Waals surface area contributed by atoms with Crippen LogP contribution in [0.3, 0.4) is 0 Å². The van der Waals surface area contributed by atoms with Crippen LogP contribution in [-0.4, -0.2) is 36.6 Å². The summed E-state index contributed by atoms with van der Waals surface area (Å²) in [6, 6.07) is 16.3. The fraction of sp³-hybridized carbons (Fsp3) is 0.300. The highest BCUT2D eigenvalue weighted by atomic mass is 16.5. The van der Waals surface area contributed by atoms with Crippen LogP contribution in [0.25, 0.3) is 0 Å². The minimum atomic E-state index is -0.0109. The van der Waals surface area contributed by atoms with Crippen molar-refractivity contribution in [1.29, 1.82) is 5.26 Å². The highest BCUT2D eigenvalue weighted by molar-refractivity contribution is 5.94. The molecule has 1 aliphatic heterocycles. The first kappa shape index (κ1) is 17.0. The molecule has 1 aliphatic rings. The van der Waals surface area contributed by atoms with Gasteiger partial charge in [0.05, 0.1) is 18.2 Å². The summed E-state index contributed by atoms with van der Waals surface area (Å²) in [5.74, 6) is 1.21. The van der Waals surface area contributed by atoms with Gasteiger partial charge >= 0.3 is 0 Å². The molecule has 5 nitrogen and oxygen atoms in total. The number of nitrogens with zero attached hydrogens (tertiary/aromatic N) is 2. The van der Waals surface area contributed by atoms with E-state index in [1.54, 1.807) is 36.4 Å². The van der Waals surface area contributed by atoms with E-state index in [1.807, 2.05) is 24.0 Å². The van der Waals surface area contributed by atoms with E-state index < -0.39 is 0 Å². The van der Waals surface area contributed by atoms with Crippen LogP contribution in [-0.2, 0) is 4.74 Å². The lowest BCUT2D eigenvalue weighted by Gasteiger charge is -2.26. The van der Waals surface area contributed by atoms with E-state index in [0.717, 1.165) is 6.42 Å². The molecule has 0 bridgehead atoms. The maximum Gasteiger partial charge on any atom is 0.254 e. The first-order valence-electron chi connectivity index (χ1n) is 8.34. The van der Waals surface area contributed by atoms with Crippen molar-refractivity contribution in [2.24, 2.45) is 0 Å². The zero-order valence-electron chi connectivity index (χ0n) is 14.1. The van der Waals surface area contributed by atoms with Gasteiger partial charge in [-0.2, -0.15) is 5.26 Å². The van der Waals surface area contributed by atoms with Gasteiger partial charge in [0.1, 0.15) is 11.5 Å². The number of rotatable bonds is 3. The Balaban J connectivity index is 1.76. The van der Waals surface area contributed by atoms with Crippen molar-refractivity contribution in [1.82, 2.24) is 4.90 Å². The van der Waals surface area contributed by atoms with E-state index in [4.69, 9.17) is 14.7 Å². The van der Waals surface area contributed by atoms with Crippen molar-refractivity contribution in [3.8, 4) is 17.6 Å². The van der Waals surface area contributed by atoms with Crippen LogP contribution < -0.4 is 4.74 Å². The second-order valence-electron chi connectivity index (χ2n) is 6.01. The Kier molecular flexibility index (Phi) is 5.32. The summed E-state index contributed by atoms with van der Waals surface area (Å²) in [6.45, 7) is 3.90. The molecule has 0 aliphatic carbocycles. The Morgan fingerprint density at radius 2 is 2.00 bits per heavy atom. The van der Waals surface area contributed by atoms with Crippen molar-refractivity contribution in [2.75, 3.05) is 19.8 Å². The second kappa shape index (κ2) is 7.82. The Morgan fingerprint density at radius 1 is 1.20 bits per heavy atom. The maximum atomic E-state index is 12.8. The molecular formula is C20H20N2O3. The molecule has 0 saturated carbocycles. The van der Waals surface area contributed by atoms with Gasteiger partial charge in [0.15, 0.2) is 0 Å². The average molecular weight is 336 g/mol. The van der Waals surface area contributed by atoms with E-state index in [0.29, 0.717) is 42.4 Å². The van der Waals surface area contributed by atoms with Gasteiger partial charge in [-0.05, 0) is 55.8 Å². The Hall–Kier alpha value is -2.84. The lowest BCUT2D eigenvalue weighted by atomic mass is 10.1. The summed E-state index contributed by atoms with van der Waals surface area (Å²) in [5.41, 5.74) is 1.17. The van der Waals surface area contributed by atoms with Crippen molar-refractivity contribution in [2.45, 2.75) is 19.4 Å². The van der Waals surface area contributed by atoms with Gasteiger partial charge < -0.3 is 14.4 Å². The molecule has 5 heteroatoms. The molecule has 0 aromatic heterocycles. The number of nitriles is 1. The predicted octanol–water partition coefficient (Wildman–Crippen LogP) is 3.60. The number of ether oxygens (including phenoxy) is 2. The summed E-state index contributed by atoms with van der Waals surface area (Å²) in [7, 11) is 0. The third kappa shape index (κ3) is 4.17. The standard InChI is InChI=1S/C20H20N2O3/c1-15-9-11-24-12-10-22(15)20(23)17-3-2-4-19(13-17)25-18-7-5-16(14-21)6-8-18/h2-8,13,15H,9-12H2,1H3. The lowest BCUT2D eigenvalue weighted by Crippen LogP contribution is -2.39. The number of benzene rings is 2. The van der Waals surface area contributed by atoms with Gasteiger partial charge in [-0.3, -0.25) is 4.79 Å². The Morgan fingerprint density at radius 3 is 2.76 bits per heavy atom. The molecule has 0 N–H and O–H groups in total. The first-order chi connectivity index (χ1) is 12.2. The SMILES string of the molecule is CC1CCOCCN1C(=O)c1cccc(Oc2ccc(C#N)cc2)c1. The van der Waals surface area contributed by atoms with E-state index >= 15 is 0 Å². The molecule has 1 saturated heterocycles. The molecule has 1 amide bonds. The van der Waals surface area contributed by atoms with Gasteiger partial charge in [-0.15, -0.1) is 0 Å². The third-order valence-electron chi connectivity index (χ3n) is 4.25. The predicted molar refractivity (Wildman–Crippen MR) is 93.6 cm³/mol. The summed E-state index contributed by atoms with van der Waals surface area (Å²) >= 11 is 0. The number of hydrogen-bond donors (Lipinski definition) is 0. The van der Waals surface area contributed by atoms with Crippen molar-refractivity contribution in [3.63, 3.8) is 0 Å². The molecule has 25 heavy (non-hydrogen) atoms. The van der Waals surface area contributed by atoms with Crippen LogP contribution >= 0.6 is 0 Å². The first-order valence-corrected chi connectivity index (χ1v) is 8.34. The minimum absolute atomic E-state index is 0.0109. The van der Waals surface area contributed by atoms with Gasteiger partial charge in [-0.25, -0.2) is 0 Å². The largest absolute Gasteiger partial charge is 0.457 e. The van der Waals surface area contributed by atoms with Crippen LogP contribution in [0.15, 0.2) is 48.5 Å². The smallest absolute Gasteiger partial charge is 0.254 e. The zero-order chi connectivity index (χ0) is 17.6. The Labute approximate surface area is 147 Å². The molecule has 0 spiro atoms. The highest BCUT2D eigenvalue weighted by Gasteiger charge is 2.23. The van der Waals surface area contributed by atoms with Gasteiger partial charge in [0.25, 0.3) is 5.91 Å². The topological polar surface area (TPSA) is 62.6 Å². The molecule has 2 aromatic carbocycles. The van der Waals surface area contributed by atoms with E-state index in [1.165, 1.54) is 0 Å². The molecule has 1 atom stereocenters. The van der Waals surface area contributed by atoms with E-state index in [2.05, 4.69) is 6.07 Å². The summed E-state index contributed by atoms with van der Waals surface area (Å²) in [6.07, 6.45) is 0.840. The molecule has 128 valence electrons. The molecule has 0 radical (unpaired) electrons. The lowest BCUT2D eigenvalue weighted by molar-refractivity contribution is 0.0687. The Bertz CT molecular complexity index is 780. The van der Waals surface area contributed by atoms with E-state index in [9.17, 15) is 4.79 Å². The second-order valence-corrected chi connectivity index (χ2v) is 6.01. The summed E-state index contributed by atoms with van der Waals surface area (Å²) in [4.78, 5) is 14.7. The van der Waals surface area contributed by atoms with Crippen LogP contribution in [0, 0.1) is 11.3 Å². The molecule has 1 heterocycles. The monoisotopic (exact) mass is 336 g/mol. The van der Waals surface area contributed by atoms with Gasteiger partial charge in [0.2, 0.25) is 0 Å². The fourth-order valence-corrected chi connectivity index (χ4v) is 2.79. The van der Waals surface area contributed by atoms with Crippen LogP contribution in [0.4, 0.5) is 0 Å². The van der Waals surface area contributed by atoms with Crippen molar-refractivity contribution < 1.29 is 14.3 Å². The molecular weight excluding hydrogens is 316 g/mol. The zero-order valence-corrected chi connectivity index (χ0v) is 14.1. The van der Waals surface area contributed by atoms with Crippen LogP contribution in [0.2, 0.25) is 0 Å². The molecule has 3 rings (SSSR count). The maximum absolute atomic E-state index is 12.8. The number of hydrogen-bond acceptors (Lipinski definition) is 4. The number of carbonyl (C=O) groups is 1. The third-order valence-corrected chi connectivity index (χ3v) is 4.25. The van der Waals surface area contributed by atoms with Gasteiger partial charge in [0, 0.05) is 24.8 Å². The fourth-order valence-electron chi connectivity index (χ4n) is 2.79. The average Bonchev–Trinajstić information content (AvgIpc) is 2.86. The number of amides is 1. The number of carbonyl (C=O) groups excluding carboxylic acids is 1. The quantitative estimate of drug-likeness (QED) is 0.859. The molecule has 2 aromatic rings. The van der Waals surface area contributed by atoms with Crippen LogP contribution in [0.1, 0.15) is 29.3 Å². The van der Waals surface area contributed by atoms with Crippen molar-refractivity contribution >= 4 is 5.91 Å². The molecule has 1 unspecified atom stereocenters. The molecule has 1 fully saturated rings. The van der Waals surface area contributed by atoms with Gasteiger partial charge in [-0.1, -0.05) is 6.07 Å². The van der Waals surface area contributed by atoms with Crippen molar-refractivity contribution in [3.05, 3.63) is 59.7 Å².